The molecule has 222 valence electrons. The number of aliphatic carboxylic acids is 1. The van der Waals surface area contributed by atoms with Crippen molar-refractivity contribution in [2.24, 2.45) is 17.8 Å². The molecular weight excluding hydrogens is 506 g/mol. The van der Waals surface area contributed by atoms with E-state index in [0.29, 0.717) is 32.2 Å². The highest BCUT2D eigenvalue weighted by molar-refractivity contribution is 5.96. The summed E-state index contributed by atoms with van der Waals surface area (Å²) in [6, 6.07) is -4.35. The second kappa shape index (κ2) is 16.7. The van der Waals surface area contributed by atoms with Crippen molar-refractivity contribution >= 4 is 35.5 Å². The molecule has 5 atom stereocenters. The van der Waals surface area contributed by atoms with Gasteiger partial charge in [0.2, 0.25) is 29.5 Å². The quantitative estimate of drug-likeness (QED) is 0.270. The Hall–Kier alpha value is -3.18. The van der Waals surface area contributed by atoms with E-state index in [1.54, 1.807) is 13.8 Å². The molecule has 1 aliphatic rings. The van der Waals surface area contributed by atoms with Crippen molar-refractivity contribution in [1.29, 1.82) is 0 Å². The molecule has 1 fully saturated rings. The largest absolute Gasteiger partial charge is 0.481 e. The highest BCUT2D eigenvalue weighted by Gasteiger charge is 2.34. The lowest BCUT2D eigenvalue weighted by molar-refractivity contribution is -0.141. The van der Waals surface area contributed by atoms with Gasteiger partial charge in [-0.2, -0.15) is 0 Å². The summed E-state index contributed by atoms with van der Waals surface area (Å²) in [6.07, 6.45) is 2.18. The molecule has 0 aromatic rings. The molecule has 0 aliphatic carbocycles. The smallest absolute Gasteiger partial charge is 0.305 e. The van der Waals surface area contributed by atoms with Crippen LogP contribution in [0.1, 0.15) is 86.5 Å². The van der Waals surface area contributed by atoms with Crippen LogP contribution in [0.4, 0.5) is 0 Å². The third kappa shape index (κ3) is 12.0. The van der Waals surface area contributed by atoms with E-state index < -0.39 is 60.2 Å². The molecule has 0 aromatic heterocycles. The number of rotatable bonds is 7. The van der Waals surface area contributed by atoms with Crippen molar-refractivity contribution in [1.82, 2.24) is 26.6 Å². The Morgan fingerprint density at radius 2 is 1.41 bits per heavy atom. The first kappa shape index (κ1) is 33.8. The molecule has 39 heavy (non-hydrogen) atoms. The van der Waals surface area contributed by atoms with Crippen molar-refractivity contribution in [3.63, 3.8) is 0 Å². The minimum Gasteiger partial charge on any atom is -0.481 e. The summed E-state index contributed by atoms with van der Waals surface area (Å²) < 4.78 is 0. The molecule has 0 bridgehead atoms. The second-order valence-corrected chi connectivity index (χ2v) is 11.1. The topological polar surface area (TPSA) is 183 Å². The summed E-state index contributed by atoms with van der Waals surface area (Å²) >= 11 is 0. The molecule has 0 radical (unpaired) electrons. The van der Waals surface area contributed by atoms with E-state index in [2.05, 4.69) is 26.6 Å². The molecule has 6 N–H and O–H groups in total. The van der Waals surface area contributed by atoms with Crippen molar-refractivity contribution in [2.45, 2.75) is 111 Å². The Kier molecular flexibility index (Phi) is 14.5. The Bertz CT molecular complexity index is 877. The van der Waals surface area contributed by atoms with Crippen LogP contribution < -0.4 is 26.6 Å². The first-order valence-corrected chi connectivity index (χ1v) is 14.0. The van der Waals surface area contributed by atoms with Gasteiger partial charge < -0.3 is 31.7 Å². The van der Waals surface area contributed by atoms with Gasteiger partial charge in [0.05, 0.1) is 6.42 Å². The third-order valence-electron chi connectivity index (χ3n) is 6.79. The molecule has 12 nitrogen and oxygen atoms in total. The fourth-order valence-corrected chi connectivity index (χ4v) is 4.27. The normalized spacial score (nSPS) is 25.8. The molecule has 0 saturated carbocycles. The molecule has 5 amide bonds. The minimum atomic E-state index is -1.47. The van der Waals surface area contributed by atoms with Crippen molar-refractivity contribution in [3.8, 4) is 0 Å². The first-order chi connectivity index (χ1) is 18.3. The van der Waals surface area contributed by atoms with Crippen LogP contribution in [0.5, 0.6) is 0 Å². The van der Waals surface area contributed by atoms with Crippen LogP contribution in [-0.2, 0) is 28.8 Å². The molecule has 3 unspecified atom stereocenters. The minimum absolute atomic E-state index is 0.0277. The number of carboxylic acids is 1. The molecule has 12 heteroatoms. The Morgan fingerprint density at radius 3 is 1.97 bits per heavy atom. The van der Waals surface area contributed by atoms with Gasteiger partial charge in [-0.3, -0.25) is 28.8 Å². The van der Waals surface area contributed by atoms with Crippen molar-refractivity contribution in [2.75, 3.05) is 6.54 Å². The van der Waals surface area contributed by atoms with Gasteiger partial charge in [-0.05, 0) is 37.0 Å². The number of carboxylic acid groups (broad SMARTS) is 1. The van der Waals surface area contributed by atoms with Crippen LogP contribution in [0, 0.1) is 17.8 Å². The van der Waals surface area contributed by atoms with Gasteiger partial charge in [-0.1, -0.05) is 54.4 Å². The summed E-state index contributed by atoms with van der Waals surface area (Å²) in [5, 5.41) is 22.7. The maximum atomic E-state index is 13.3. The molecule has 0 aromatic carbocycles. The van der Waals surface area contributed by atoms with Crippen LogP contribution in [-0.4, -0.2) is 71.3 Å². The zero-order valence-electron chi connectivity index (χ0n) is 24.1. The van der Waals surface area contributed by atoms with E-state index in [0.717, 1.165) is 0 Å². The van der Waals surface area contributed by atoms with E-state index >= 15 is 0 Å². The molecule has 0 spiro atoms. The number of carbonyl (C=O) groups is 6. The SMILES string of the molecule is CCC(C)C1NC(=O)CCCCCNC(=O)[C@H](C(C)C)NC(=O)[C@H](CC(=O)O)NC(=O)C(CC(C)C)NC1=O. The highest BCUT2D eigenvalue weighted by atomic mass is 16.4. The van der Waals surface area contributed by atoms with Crippen molar-refractivity contribution < 1.29 is 33.9 Å². The summed E-state index contributed by atoms with van der Waals surface area (Å²) in [5.74, 6) is -4.62. The number of amides is 5. The lowest BCUT2D eigenvalue weighted by Gasteiger charge is -2.28. The molecule has 1 heterocycles. The Balaban J connectivity index is 3.36. The van der Waals surface area contributed by atoms with E-state index in [9.17, 15) is 33.9 Å². The summed E-state index contributed by atoms with van der Waals surface area (Å²) in [4.78, 5) is 76.6. The van der Waals surface area contributed by atoms with Crippen LogP contribution >= 0.6 is 0 Å². The van der Waals surface area contributed by atoms with E-state index in [1.165, 1.54) is 0 Å². The number of hydrogen-bond acceptors (Lipinski definition) is 6. The highest BCUT2D eigenvalue weighted by Crippen LogP contribution is 2.13. The van der Waals surface area contributed by atoms with Gasteiger partial charge in [0, 0.05) is 13.0 Å². The fraction of sp³-hybridized carbons (Fsp3) is 0.778. The van der Waals surface area contributed by atoms with Crippen LogP contribution in [0.15, 0.2) is 0 Å². The van der Waals surface area contributed by atoms with Crippen LogP contribution in [0.2, 0.25) is 0 Å². The molecule has 1 aliphatic heterocycles. The number of carbonyl (C=O) groups excluding carboxylic acids is 5. The number of nitrogens with one attached hydrogen (secondary N) is 5. The molecule has 1 rings (SSSR count). The van der Waals surface area contributed by atoms with Crippen LogP contribution in [0.3, 0.4) is 0 Å². The summed E-state index contributed by atoms with van der Waals surface area (Å²) in [6.45, 7) is 11.3. The van der Waals surface area contributed by atoms with Gasteiger partial charge >= 0.3 is 5.97 Å². The van der Waals surface area contributed by atoms with Gasteiger partial charge in [-0.25, -0.2) is 0 Å². The molecular formula is C27H47N5O7. The standard InChI is InChI=1S/C27H47N5O7/c1-7-17(6)23-27(39)30-18(13-15(2)3)24(36)29-19(14-21(34)35)25(37)32-22(16(4)5)26(38)28-12-10-8-9-11-20(33)31-23/h15-19,22-23H,7-14H2,1-6H3,(H,28,38)(H,29,36)(H,30,39)(H,31,33)(H,32,37)(H,34,35)/t17?,18?,19-,22-,23?/m0/s1. The zero-order valence-corrected chi connectivity index (χ0v) is 24.1. The Labute approximate surface area is 231 Å². The third-order valence-corrected chi connectivity index (χ3v) is 6.79. The zero-order chi connectivity index (χ0) is 29.7. The monoisotopic (exact) mass is 553 g/mol. The van der Waals surface area contributed by atoms with E-state index in [1.807, 2.05) is 27.7 Å². The van der Waals surface area contributed by atoms with Gasteiger partial charge in [-0.15, -0.1) is 0 Å². The maximum absolute atomic E-state index is 13.3. The summed E-state index contributed by atoms with van der Waals surface area (Å²) in [7, 11) is 0. The van der Waals surface area contributed by atoms with Crippen LogP contribution in [0.25, 0.3) is 0 Å². The lowest BCUT2D eigenvalue weighted by atomic mass is 9.96. The van der Waals surface area contributed by atoms with Gasteiger partial charge in [0.1, 0.15) is 24.2 Å². The predicted molar refractivity (Wildman–Crippen MR) is 145 cm³/mol. The second-order valence-electron chi connectivity index (χ2n) is 11.1. The summed E-state index contributed by atoms with van der Waals surface area (Å²) in [5.41, 5.74) is 0. The number of hydrogen-bond donors (Lipinski definition) is 6. The fourth-order valence-electron chi connectivity index (χ4n) is 4.27. The lowest BCUT2D eigenvalue weighted by Crippen LogP contribution is -2.60. The molecule has 1 saturated heterocycles. The van der Waals surface area contributed by atoms with Crippen molar-refractivity contribution in [3.05, 3.63) is 0 Å². The van der Waals surface area contributed by atoms with Gasteiger partial charge in [0.15, 0.2) is 0 Å². The Morgan fingerprint density at radius 1 is 0.795 bits per heavy atom. The van der Waals surface area contributed by atoms with E-state index in [4.69, 9.17) is 0 Å². The average Bonchev–Trinajstić information content (AvgIpc) is 2.84. The van der Waals surface area contributed by atoms with E-state index in [-0.39, 0.29) is 36.5 Å². The van der Waals surface area contributed by atoms with Gasteiger partial charge in [0.25, 0.3) is 0 Å². The average molecular weight is 554 g/mol. The first-order valence-electron chi connectivity index (χ1n) is 14.0. The maximum Gasteiger partial charge on any atom is 0.305 e. The predicted octanol–water partition coefficient (Wildman–Crippen LogP) is 0.839.